The number of fused-ring (bicyclic) bond motifs is 2. The number of nitrogens with zero attached hydrogens (tertiary/aromatic N) is 4. The molecule has 0 bridgehead atoms. The Kier molecular flexibility index (Phi) is 5.24. The van der Waals surface area contributed by atoms with Crippen LogP contribution in [0.5, 0.6) is 0 Å². The molecule has 1 aliphatic carbocycles. The van der Waals surface area contributed by atoms with Gasteiger partial charge in [0, 0.05) is 55.5 Å². The maximum absolute atomic E-state index is 13.0. The molecule has 3 aliphatic rings. The van der Waals surface area contributed by atoms with Crippen LogP contribution in [-0.2, 0) is 22.6 Å². The molecular formula is C25H28ClN5O2. The number of carbonyl (C=O) groups is 2. The average molecular weight is 466 g/mol. The van der Waals surface area contributed by atoms with E-state index in [-0.39, 0.29) is 23.1 Å². The monoisotopic (exact) mass is 465 g/mol. The summed E-state index contributed by atoms with van der Waals surface area (Å²) in [5.74, 6) is 1.28. The molecule has 0 aromatic carbocycles. The number of hydrogen-bond acceptors (Lipinski definition) is 4. The van der Waals surface area contributed by atoms with E-state index in [2.05, 4.69) is 34.8 Å². The van der Waals surface area contributed by atoms with Gasteiger partial charge in [-0.1, -0.05) is 25.4 Å². The predicted octanol–water partition coefficient (Wildman–Crippen LogP) is 4.10. The molecule has 2 aromatic rings. The first-order valence-corrected chi connectivity index (χ1v) is 11.9. The molecule has 7 nitrogen and oxygen atoms in total. The van der Waals surface area contributed by atoms with Crippen molar-refractivity contribution in [3.05, 3.63) is 34.7 Å². The fourth-order valence-electron chi connectivity index (χ4n) is 5.94. The van der Waals surface area contributed by atoms with Crippen molar-refractivity contribution in [3.63, 3.8) is 0 Å². The first kappa shape index (κ1) is 22.0. The van der Waals surface area contributed by atoms with E-state index in [0.29, 0.717) is 28.4 Å². The zero-order chi connectivity index (χ0) is 23.5. The molecule has 4 heterocycles. The van der Waals surface area contributed by atoms with E-state index in [0.717, 1.165) is 55.7 Å². The highest BCUT2D eigenvalue weighted by atomic mass is 35.5. The van der Waals surface area contributed by atoms with E-state index in [4.69, 9.17) is 11.6 Å². The number of nitriles is 1. The van der Waals surface area contributed by atoms with Crippen LogP contribution in [0.2, 0.25) is 5.02 Å². The van der Waals surface area contributed by atoms with Crippen molar-refractivity contribution in [3.8, 4) is 17.2 Å². The van der Waals surface area contributed by atoms with E-state index in [1.807, 2.05) is 17.0 Å². The molecule has 2 aliphatic heterocycles. The van der Waals surface area contributed by atoms with Gasteiger partial charge in [0.25, 0.3) is 0 Å². The molecule has 1 saturated heterocycles. The van der Waals surface area contributed by atoms with Crippen molar-refractivity contribution in [1.82, 2.24) is 14.5 Å². The van der Waals surface area contributed by atoms with Crippen LogP contribution in [0.1, 0.15) is 45.0 Å². The SMILES string of the molecule is CC(=O)N1C[C@H]2CC(C(=O)Nc3cc(-c4cc(C#N)n5c4CC(C)(C)C5)c(Cl)cn3)C[C@H]2C1. The highest BCUT2D eigenvalue weighted by Crippen LogP contribution is 2.43. The van der Waals surface area contributed by atoms with Gasteiger partial charge in [-0.2, -0.15) is 5.26 Å². The van der Waals surface area contributed by atoms with Crippen LogP contribution in [0.3, 0.4) is 0 Å². The summed E-state index contributed by atoms with van der Waals surface area (Å²) in [5.41, 5.74) is 3.51. The minimum absolute atomic E-state index is 0.0273. The minimum atomic E-state index is -0.0697. The number of anilines is 1. The number of carbonyl (C=O) groups excluding carboxylic acids is 2. The van der Waals surface area contributed by atoms with Gasteiger partial charge in [-0.25, -0.2) is 4.98 Å². The Morgan fingerprint density at radius 2 is 1.91 bits per heavy atom. The zero-order valence-electron chi connectivity index (χ0n) is 19.2. The van der Waals surface area contributed by atoms with Gasteiger partial charge < -0.3 is 14.8 Å². The number of pyridine rings is 1. The molecule has 2 amide bonds. The van der Waals surface area contributed by atoms with Crippen LogP contribution in [0.4, 0.5) is 5.82 Å². The molecule has 1 saturated carbocycles. The molecule has 1 unspecified atom stereocenters. The van der Waals surface area contributed by atoms with Gasteiger partial charge in [0.1, 0.15) is 17.6 Å². The van der Waals surface area contributed by atoms with Crippen LogP contribution in [0.25, 0.3) is 11.1 Å². The van der Waals surface area contributed by atoms with Gasteiger partial charge in [0.2, 0.25) is 11.8 Å². The number of amides is 2. The Balaban J connectivity index is 1.35. The third kappa shape index (κ3) is 3.91. The number of hydrogen-bond donors (Lipinski definition) is 1. The van der Waals surface area contributed by atoms with Crippen LogP contribution >= 0.6 is 11.6 Å². The molecule has 8 heteroatoms. The van der Waals surface area contributed by atoms with Gasteiger partial charge in [-0.3, -0.25) is 9.59 Å². The third-order valence-corrected chi connectivity index (χ3v) is 7.82. The first-order chi connectivity index (χ1) is 15.6. The van der Waals surface area contributed by atoms with Crippen molar-refractivity contribution in [2.45, 2.75) is 46.6 Å². The maximum Gasteiger partial charge on any atom is 0.228 e. The molecule has 5 rings (SSSR count). The van der Waals surface area contributed by atoms with Crippen LogP contribution < -0.4 is 5.32 Å². The van der Waals surface area contributed by atoms with Crippen molar-refractivity contribution in [2.24, 2.45) is 23.2 Å². The summed E-state index contributed by atoms with van der Waals surface area (Å²) in [4.78, 5) is 30.9. The molecule has 3 atom stereocenters. The van der Waals surface area contributed by atoms with Crippen LogP contribution in [-0.4, -0.2) is 39.4 Å². The van der Waals surface area contributed by atoms with Gasteiger partial charge in [-0.05, 0) is 48.6 Å². The molecule has 0 spiro atoms. The standard InChI is InChI=1S/C25H28ClN5O2/c1-14(32)30-11-16-4-15(5-17(16)12-30)24(33)29-23-7-19(21(26)10-28-23)20-6-18(9-27)31-13-25(2,3)8-22(20)31/h6-7,10,15-17H,4-5,8,11-13H2,1-3H3,(H,28,29,33)/t15?,16-,17+. The lowest BCUT2D eigenvalue weighted by Gasteiger charge is -2.17. The van der Waals surface area contributed by atoms with Crippen molar-refractivity contribution < 1.29 is 9.59 Å². The molecule has 172 valence electrons. The van der Waals surface area contributed by atoms with Crippen LogP contribution in [0, 0.1) is 34.5 Å². The summed E-state index contributed by atoms with van der Waals surface area (Å²) >= 11 is 6.52. The number of halogens is 1. The summed E-state index contributed by atoms with van der Waals surface area (Å²) < 4.78 is 2.08. The quantitative estimate of drug-likeness (QED) is 0.738. The summed E-state index contributed by atoms with van der Waals surface area (Å²) in [6, 6.07) is 6.00. The molecule has 33 heavy (non-hydrogen) atoms. The largest absolute Gasteiger partial charge is 0.342 e. The van der Waals surface area contributed by atoms with Gasteiger partial charge in [0.05, 0.1) is 5.02 Å². The second-order valence-electron chi connectivity index (χ2n) is 10.6. The lowest BCUT2D eigenvalue weighted by atomic mass is 9.89. The lowest BCUT2D eigenvalue weighted by Crippen LogP contribution is -2.29. The number of rotatable bonds is 3. The van der Waals surface area contributed by atoms with Gasteiger partial charge in [-0.15, -0.1) is 0 Å². The molecule has 0 radical (unpaired) electrons. The number of aromatic nitrogens is 2. The summed E-state index contributed by atoms with van der Waals surface area (Å²) in [5, 5.41) is 13.1. The summed E-state index contributed by atoms with van der Waals surface area (Å²) in [7, 11) is 0. The summed E-state index contributed by atoms with van der Waals surface area (Å²) in [6.45, 7) is 8.29. The molecule has 1 N–H and O–H groups in total. The topological polar surface area (TPSA) is 91.0 Å². The van der Waals surface area contributed by atoms with E-state index in [1.165, 1.54) is 0 Å². The second kappa shape index (κ2) is 7.88. The molecular weight excluding hydrogens is 438 g/mol. The molecule has 2 fully saturated rings. The zero-order valence-corrected chi connectivity index (χ0v) is 19.9. The minimum Gasteiger partial charge on any atom is -0.342 e. The lowest BCUT2D eigenvalue weighted by molar-refractivity contribution is -0.128. The van der Waals surface area contributed by atoms with E-state index in [9.17, 15) is 14.9 Å². The highest BCUT2D eigenvalue weighted by molar-refractivity contribution is 6.33. The van der Waals surface area contributed by atoms with Crippen LogP contribution in [0.15, 0.2) is 18.3 Å². The van der Waals surface area contributed by atoms with E-state index >= 15 is 0 Å². The van der Waals surface area contributed by atoms with Crippen molar-refractivity contribution in [1.29, 1.82) is 5.26 Å². The number of nitrogens with one attached hydrogen (secondary N) is 1. The maximum atomic E-state index is 13.0. The normalized spacial score (nSPS) is 24.9. The predicted molar refractivity (Wildman–Crippen MR) is 125 cm³/mol. The smallest absolute Gasteiger partial charge is 0.228 e. The summed E-state index contributed by atoms with van der Waals surface area (Å²) in [6.07, 6.45) is 4.02. The second-order valence-corrected chi connectivity index (χ2v) is 11.0. The Labute approximate surface area is 198 Å². The fourth-order valence-corrected chi connectivity index (χ4v) is 6.14. The Morgan fingerprint density at radius 1 is 1.21 bits per heavy atom. The van der Waals surface area contributed by atoms with Crippen molar-refractivity contribution in [2.75, 3.05) is 18.4 Å². The Morgan fingerprint density at radius 3 is 2.55 bits per heavy atom. The fraction of sp³-hybridized carbons (Fsp3) is 0.520. The number of likely N-dealkylation sites (tertiary alicyclic amines) is 1. The third-order valence-electron chi connectivity index (χ3n) is 7.52. The van der Waals surface area contributed by atoms with E-state index in [1.54, 1.807) is 13.1 Å². The Bertz CT molecular complexity index is 1180. The van der Waals surface area contributed by atoms with Gasteiger partial charge in [0.15, 0.2) is 0 Å². The first-order valence-electron chi connectivity index (χ1n) is 11.5. The average Bonchev–Trinajstić information content (AvgIpc) is 3.47. The van der Waals surface area contributed by atoms with Crippen molar-refractivity contribution >= 4 is 29.2 Å². The molecule has 2 aromatic heterocycles. The Hall–Kier alpha value is -2.85. The highest BCUT2D eigenvalue weighted by Gasteiger charge is 2.44. The van der Waals surface area contributed by atoms with E-state index < -0.39 is 0 Å². The van der Waals surface area contributed by atoms with Gasteiger partial charge >= 0.3 is 0 Å².